The standard InChI is InChI=1S/C51H35N3O/c1-4-12-34(13-5-1)36-22-24-38(25-23-36)39-26-30-40(31-27-39)43-18-10-19-44-45-20-11-21-46(48(45)55-47(43)44)51-53-49(41-16-8-3-9-17-41)52-50(54-51)42-32-28-37(29-33-42)35-14-6-2-7-15-35/h1-33,49H,(H,52,53,54). The zero-order valence-electron chi connectivity index (χ0n) is 29.9. The van der Waals surface area contributed by atoms with Crippen LogP contribution in [0.4, 0.5) is 0 Å². The van der Waals surface area contributed by atoms with E-state index in [1.54, 1.807) is 0 Å². The van der Waals surface area contributed by atoms with Gasteiger partial charge >= 0.3 is 0 Å². The lowest BCUT2D eigenvalue weighted by Crippen LogP contribution is -2.33. The maximum Gasteiger partial charge on any atom is 0.159 e. The quantitative estimate of drug-likeness (QED) is 0.179. The summed E-state index contributed by atoms with van der Waals surface area (Å²) in [5, 5.41) is 5.75. The highest BCUT2D eigenvalue weighted by Gasteiger charge is 2.24. The Labute approximate surface area is 319 Å². The fraction of sp³-hybridized carbons (Fsp3) is 0.0196. The van der Waals surface area contributed by atoms with Crippen molar-refractivity contribution in [2.45, 2.75) is 6.17 Å². The minimum Gasteiger partial charge on any atom is -0.455 e. The number of para-hydroxylation sites is 2. The van der Waals surface area contributed by atoms with Crippen LogP contribution in [0.15, 0.2) is 215 Å². The molecule has 0 bridgehead atoms. The smallest absolute Gasteiger partial charge is 0.159 e. The molecule has 1 unspecified atom stereocenters. The summed E-state index contributed by atoms with van der Waals surface area (Å²) in [6.45, 7) is 0. The summed E-state index contributed by atoms with van der Waals surface area (Å²) in [6.07, 6.45) is -0.319. The molecule has 0 saturated carbocycles. The number of nitrogens with one attached hydrogen (secondary N) is 1. The van der Waals surface area contributed by atoms with Crippen molar-refractivity contribution in [3.05, 3.63) is 217 Å². The maximum absolute atomic E-state index is 6.88. The molecule has 0 saturated heterocycles. The Kier molecular flexibility index (Phi) is 8.19. The number of amidine groups is 2. The van der Waals surface area contributed by atoms with Crippen molar-refractivity contribution in [1.29, 1.82) is 0 Å². The van der Waals surface area contributed by atoms with Crippen LogP contribution in [0.5, 0.6) is 0 Å². The van der Waals surface area contributed by atoms with Gasteiger partial charge in [-0.2, -0.15) is 0 Å². The summed E-state index contributed by atoms with van der Waals surface area (Å²) < 4.78 is 6.88. The summed E-state index contributed by atoms with van der Waals surface area (Å²) in [6, 6.07) is 69.9. The third-order valence-electron chi connectivity index (χ3n) is 10.4. The summed E-state index contributed by atoms with van der Waals surface area (Å²) in [5.41, 5.74) is 13.8. The van der Waals surface area contributed by atoms with E-state index in [1.807, 2.05) is 30.3 Å². The molecule has 0 radical (unpaired) electrons. The first-order valence-corrected chi connectivity index (χ1v) is 18.6. The molecule has 55 heavy (non-hydrogen) atoms. The van der Waals surface area contributed by atoms with Gasteiger partial charge in [0.1, 0.15) is 23.2 Å². The summed E-state index contributed by atoms with van der Waals surface area (Å²) in [5.74, 6) is 1.39. The third-order valence-corrected chi connectivity index (χ3v) is 10.4. The van der Waals surface area contributed by atoms with E-state index in [9.17, 15) is 0 Å². The van der Waals surface area contributed by atoms with Crippen LogP contribution in [0.3, 0.4) is 0 Å². The second-order valence-electron chi connectivity index (χ2n) is 13.8. The Balaban J connectivity index is 1.01. The molecule has 0 fully saturated rings. The van der Waals surface area contributed by atoms with Crippen LogP contribution in [0, 0.1) is 0 Å². The van der Waals surface area contributed by atoms with Gasteiger partial charge in [0.2, 0.25) is 0 Å². The highest BCUT2D eigenvalue weighted by molar-refractivity contribution is 6.20. The number of fused-ring (bicyclic) bond motifs is 3. The van der Waals surface area contributed by atoms with Gasteiger partial charge in [0.05, 0.1) is 5.56 Å². The number of rotatable bonds is 7. The highest BCUT2D eigenvalue weighted by Crippen LogP contribution is 2.38. The first-order chi connectivity index (χ1) is 27.2. The second kappa shape index (κ2) is 13.9. The lowest BCUT2D eigenvalue weighted by molar-refractivity contribution is 0.660. The average Bonchev–Trinajstić information content (AvgIpc) is 3.67. The predicted octanol–water partition coefficient (Wildman–Crippen LogP) is 12.7. The van der Waals surface area contributed by atoms with Crippen molar-refractivity contribution in [2.75, 3.05) is 0 Å². The van der Waals surface area contributed by atoms with E-state index in [1.165, 1.54) is 27.8 Å². The SMILES string of the molecule is c1ccc(-c2ccc(C3=NC(c4ccccc4)NC(c4cccc5c4oc4c(-c6ccc(-c7ccc(-c8ccccc8)cc7)cc6)cccc45)=N3)cc2)cc1. The van der Waals surface area contributed by atoms with E-state index in [0.29, 0.717) is 5.84 Å². The van der Waals surface area contributed by atoms with E-state index in [4.69, 9.17) is 14.4 Å². The van der Waals surface area contributed by atoms with Gasteiger partial charge in [-0.15, -0.1) is 0 Å². The molecular weight excluding hydrogens is 671 g/mol. The molecule has 1 atom stereocenters. The van der Waals surface area contributed by atoms with Crippen molar-refractivity contribution in [3.8, 4) is 44.5 Å². The minimum atomic E-state index is -0.319. The summed E-state index contributed by atoms with van der Waals surface area (Å²) in [7, 11) is 0. The first kappa shape index (κ1) is 32.4. The Morgan fingerprint density at radius 3 is 1.31 bits per heavy atom. The molecular formula is C51H35N3O. The lowest BCUT2D eigenvalue weighted by atomic mass is 9.97. The lowest BCUT2D eigenvalue weighted by Gasteiger charge is -2.23. The number of aliphatic imine (C=N–C) groups is 2. The fourth-order valence-corrected chi connectivity index (χ4v) is 7.53. The van der Waals surface area contributed by atoms with E-state index in [-0.39, 0.29) is 6.17 Å². The van der Waals surface area contributed by atoms with Crippen LogP contribution >= 0.6 is 0 Å². The van der Waals surface area contributed by atoms with Crippen molar-refractivity contribution >= 4 is 33.6 Å². The van der Waals surface area contributed by atoms with Crippen LogP contribution in [0.1, 0.15) is 22.9 Å². The van der Waals surface area contributed by atoms with E-state index in [0.717, 1.165) is 61.2 Å². The molecule has 260 valence electrons. The Bertz CT molecular complexity index is 2840. The number of furan rings is 1. The van der Waals surface area contributed by atoms with Crippen LogP contribution in [0.2, 0.25) is 0 Å². The van der Waals surface area contributed by atoms with Crippen LogP contribution < -0.4 is 5.32 Å². The Morgan fingerprint density at radius 1 is 0.364 bits per heavy atom. The van der Waals surface area contributed by atoms with Crippen LogP contribution in [-0.4, -0.2) is 11.7 Å². The Morgan fingerprint density at radius 2 is 0.782 bits per heavy atom. The normalized spacial score (nSPS) is 14.0. The number of benzene rings is 8. The van der Waals surface area contributed by atoms with Gasteiger partial charge in [0.15, 0.2) is 5.84 Å². The molecule has 2 heterocycles. The van der Waals surface area contributed by atoms with Crippen molar-refractivity contribution < 1.29 is 4.42 Å². The first-order valence-electron chi connectivity index (χ1n) is 18.6. The molecule has 10 rings (SSSR count). The van der Waals surface area contributed by atoms with Crippen molar-refractivity contribution in [1.82, 2.24) is 5.32 Å². The third kappa shape index (κ3) is 6.20. The topological polar surface area (TPSA) is 49.9 Å². The van der Waals surface area contributed by atoms with Gasteiger partial charge in [0, 0.05) is 21.9 Å². The highest BCUT2D eigenvalue weighted by atomic mass is 16.3. The molecule has 0 amide bonds. The van der Waals surface area contributed by atoms with E-state index >= 15 is 0 Å². The van der Waals surface area contributed by atoms with Gasteiger partial charge in [0.25, 0.3) is 0 Å². The van der Waals surface area contributed by atoms with Crippen LogP contribution in [-0.2, 0) is 0 Å². The number of nitrogens with zero attached hydrogens (tertiary/aromatic N) is 2. The number of hydrogen-bond acceptors (Lipinski definition) is 4. The van der Waals surface area contributed by atoms with Crippen molar-refractivity contribution in [3.63, 3.8) is 0 Å². The zero-order valence-corrected chi connectivity index (χ0v) is 29.9. The van der Waals surface area contributed by atoms with Gasteiger partial charge in [-0.25, -0.2) is 9.98 Å². The molecule has 0 spiro atoms. The molecule has 1 aliphatic heterocycles. The molecule has 1 aromatic heterocycles. The predicted molar refractivity (Wildman–Crippen MR) is 227 cm³/mol. The monoisotopic (exact) mass is 705 g/mol. The fourth-order valence-electron chi connectivity index (χ4n) is 7.53. The largest absolute Gasteiger partial charge is 0.455 e. The Hall–Kier alpha value is -7.30. The zero-order chi connectivity index (χ0) is 36.6. The molecule has 8 aromatic carbocycles. The van der Waals surface area contributed by atoms with Gasteiger partial charge in [-0.05, 0) is 50.6 Å². The molecule has 0 aliphatic carbocycles. The average molecular weight is 706 g/mol. The van der Waals surface area contributed by atoms with E-state index < -0.39 is 0 Å². The minimum absolute atomic E-state index is 0.319. The summed E-state index contributed by atoms with van der Waals surface area (Å²) >= 11 is 0. The number of hydrogen-bond donors (Lipinski definition) is 1. The molecule has 4 heteroatoms. The maximum atomic E-state index is 6.88. The van der Waals surface area contributed by atoms with E-state index in [2.05, 4.69) is 175 Å². The van der Waals surface area contributed by atoms with Crippen LogP contribution in [0.25, 0.3) is 66.4 Å². The van der Waals surface area contributed by atoms with Gasteiger partial charge < -0.3 is 9.73 Å². The molecule has 1 N–H and O–H groups in total. The molecule has 9 aromatic rings. The molecule has 1 aliphatic rings. The van der Waals surface area contributed by atoms with Crippen molar-refractivity contribution in [2.24, 2.45) is 9.98 Å². The molecule has 4 nitrogen and oxygen atoms in total. The second-order valence-corrected chi connectivity index (χ2v) is 13.8. The summed E-state index contributed by atoms with van der Waals surface area (Å²) in [4.78, 5) is 10.3. The van der Waals surface area contributed by atoms with Gasteiger partial charge in [-0.1, -0.05) is 194 Å². The van der Waals surface area contributed by atoms with Gasteiger partial charge in [-0.3, -0.25) is 0 Å².